The normalized spacial score (nSPS) is 10.5. The first-order chi connectivity index (χ1) is 8.15. The zero-order valence-corrected chi connectivity index (χ0v) is 10.6. The third-order valence-electron chi connectivity index (χ3n) is 2.48. The van der Waals surface area contributed by atoms with Crippen molar-refractivity contribution in [2.45, 2.75) is 6.54 Å². The fourth-order valence-corrected chi connectivity index (χ4v) is 1.35. The van der Waals surface area contributed by atoms with Crippen molar-refractivity contribution in [3.05, 3.63) is 18.2 Å². The zero-order valence-electron chi connectivity index (χ0n) is 10.6. The van der Waals surface area contributed by atoms with Gasteiger partial charge in [-0.1, -0.05) is 0 Å². The van der Waals surface area contributed by atoms with Crippen LogP contribution >= 0.6 is 0 Å². The number of aromatic nitrogens is 2. The molecule has 0 aliphatic rings. The van der Waals surface area contributed by atoms with Crippen LogP contribution in [0, 0.1) is 0 Å². The van der Waals surface area contributed by atoms with Crippen molar-refractivity contribution in [1.29, 1.82) is 0 Å². The van der Waals surface area contributed by atoms with E-state index < -0.39 is 0 Å². The van der Waals surface area contributed by atoms with Gasteiger partial charge in [0.05, 0.1) is 19.7 Å². The maximum absolute atomic E-state index is 11.7. The summed E-state index contributed by atoms with van der Waals surface area (Å²) in [6, 6.07) is 0. The summed E-state index contributed by atoms with van der Waals surface area (Å²) < 4.78 is 6.79. The molecule has 0 unspecified atom stereocenters. The summed E-state index contributed by atoms with van der Waals surface area (Å²) in [6.45, 7) is 2.13. The number of imidazole rings is 1. The Bertz CT molecular complexity index is 351. The van der Waals surface area contributed by atoms with Crippen LogP contribution in [0.5, 0.6) is 0 Å². The fourth-order valence-electron chi connectivity index (χ4n) is 1.35. The smallest absolute Gasteiger partial charge is 0.236 e. The van der Waals surface area contributed by atoms with Crippen LogP contribution < -0.4 is 5.32 Å². The molecule has 0 atom stereocenters. The number of nitrogens with zero attached hydrogens (tertiary/aromatic N) is 3. The van der Waals surface area contributed by atoms with Crippen LogP contribution in [0.15, 0.2) is 12.4 Å². The molecule has 1 aromatic rings. The van der Waals surface area contributed by atoms with Crippen LogP contribution in [0.25, 0.3) is 0 Å². The number of ether oxygens (including phenoxy) is 1. The maximum Gasteiger partial charge on any atom is 0.236 e. The quantitative estimate of drug-likeness (QED) is 0.660. The van der Waals surface area contributed by atoms with Crippen molar-refractivity contribution < 1.29 is 9.53 Å². The van der Waals surface area contributed by atoms with Crippen molar-refractivity contribution in [2.24, 2.45) is 7.05 Å². The lowest BCUT2D eigenvalue weighted by molar-refractivity contribution is -0.129. The number of carbonyl (C=O) groups is 1. The molecule has 0 aliphatic heterocycles. The molecule has 0 aromatic carbocycles. The molecule has 17 heavy (non-hydrogen) atoms. The van der Waals surface area contributed by atoms with Gasteiger partial charge in [0.25, 0.3) is 0 Å². The second kappa shape index (κ2) is 7.03. The molecule has 96 valence electrons. The van der Waals surface area contributed by atoms with Gasteiger partial charge in [-0.05, 0) is 0 Å². The van der Waals surface area contributed by atoms with Gasteiger partial charge in [-0.15, -0.1) is 0 Å². The summed E-state index contributed by atoms with van der Waals surface area (Å²) in [5.74, 6) is 0.918. The number of likely N-dealkylation sites (N-methyl/N-ethyl adjacent to an activating group) is 1. The average Bonchev–Trinajstić information content (AvgIpc) is 2.70. The van der Waals surface area contributed by atoms with Gasteiger partial charge in [0.15, 0.2) is 0 Å². The summed E-state index contributed by atoms with van der Waals surface area (Å²) in [5, 5.41) is 3.02. The van der Waals surface area contributed by atoms with Gasteiger partial charge in [-0.25, -0.2) is 4.98 Å². The number of rotatable bonds is 7. The Hall–Kier alpha value is -1.40. The molecule has 0 fully saturated rings. The van der Waals surface area contributed by atoms with E-state index in [4.69, 9.17) is 4.74 Å². The van der Waals surface area contributed by atoms with Crippen molar-refractivity contribution in [2.75, 3.05) is 33.9 Å². The SMILES string of the molecule is COCCNCC(=O)N(C)Cc1nccn1C. The fraction of sp³-hybridized carbons (Fsp3) is 0.636. The second-order valence-corrected chi connectivity index (χ2v) is 3.87. The number of hydrogen-bond donors (Lipinski definition) is 1. The molecular weight excluding hydrogens is 220 g/mol. The molecule has 0 saturated heterocycles. The molecule has 1 aromatic heterocycles. The molecule has 0 bridgehead atoms. The van der Waals surface area contributed by atoms with Gasteiger partial charge in [0.2, 0.25) is 5.91 Å². The van der Waals surface area contributed by atoms with E-state index in [2.05, 4.69) is 10.3 Å². The highest BCUT2D eigenvalue weighted by Gasteiger charge is 2.10. The highest BCUT2D eigenvalue weighted by atomic mass is 16.5. The van der Waals surface area contributed by atoms with E-state index in [1.165, 1.54) is 0 Å². The monoisotopic (exact) mass is 240 g/mol. The highest BCUT2D eigenvalue weighted by molar-refractivity contribution is 5.77. The van der Waals surface area contributed by atoms with Gasteiger partial charge in [-0.3, -0.25) is 4.79 Å². The van der Waals surface area contributed by atoms with Crippen LogP contribution in [0.3, 0.4) is 0 Å². The van der Waals surface area contributed by atoms with E-state index in [0.29, 0.717) is 26.2 Å². The standard InChI is InChI=1S/C11H20N4O2/c1-14-6-4-13-10(14)9-15(2)11(16)8-12-5-7-17-3/h4,6,12H,5,7-9H2,1-3H3. The molecular formula is C11H20N4O2. The number of methoxy groups -OCH3 is 1. The molecule has 0 saturated carbocycles. The van der Waals surface area contributed by atoms with Gasteiger partial charge in [0.1, 0.15) is 5.82 Å². The van der Waals surface area contributed by atoms with Crippen LogP contribution in [0.1, 0.15) is 5.82 Å². The molecule has 0 radical (unpaired) electrons. The van der Waals surface area contributed by atoms with Crippen LogP contribution in [0.4, 0.5) is 0 Å². The largest absolute Gasteiger partial charge is 0.383 e. The van der Waals surface area contributed by atoms with Crippen molar-refractivity contribution in [3.63, 3.8) is 0 Å². The molecule has 1 amide bonds. The van der Waals surface area contributed by atoms with Crippen molar-refractivity contribution in [1.82, 2.24) is 19.8 Å². The topological polar surface area (TPSA) is 59.4 Å². The number of carbonyl (C=O) groups excluding carboxylic acids is 1. The molecule has 1 heterocycles. The van der Waals surface area contributed by atoms with Gasteiger partial charge < -0.3 is 19.5 Å². The Morgan fingerprint density at radius 1 is 1.65 bits per heavy atom. The first-order valence-corrected chi connectivity index (χ1v) is 5.55. The third-order valence-corrected chi connectivity index (χ3v) is 2.48. The van der Waals surface area contributed by atoms with Crippen molar-refractivity contribution in [3.8, 4) is 0 Å². The summed E-state index contributed by atoms with van der Waals surface area (Å²) in [5.41, 5.74) is 0. The van der Waals surface area contributed by atoms with E-state index in [0.717, 1.165) is 5.82 Å². The molecule has 0 aliphatic carbocycles. The predicted molar refractivity (Wildman–Crippen MR) is 64.4 cm³/mol. The molecule has 6 heteroatoms. The van der Waals surface area contributed by atoms with Crippen molar-refractivity contribution >= 4 is 5.91 Å². The minimum atomic E-state index is 0.0455. The lowest BCUT2D eigenvalue weighted by Gasteiger charge is -2.17. The molecule has 0 spiro atoms. The first-order valence-electron chi connectivity index (χ1n) is 5.55. The van der Waals surface area contributed by atoms with E-state index in [1.54, 1.807) is 25.3 Å². The van der Waals surface area contributed by atoms with Gasteiger partial charge >= 0.3 is 0 Å². The van der Waals surface area contributed by atoms with E-state index in [1.807, 2.05) is 17.8 Å². The number of hydrogen-bond acceptors (Lipinski definition) is 4. The van der Waals surface area contributed by atoms with Gasteiger partial charge in [0, 0.05) is 40.1 Å². The minimum absolute atomic E-state index is 0.0455. The van der Waals surface area contributed by atoms with Gasteiger partial charge in [-0.2, -0.15) is 0 Å². The number of nitrogens with one attached hydrogen (secondary N) is 1. The summed E-state index contributed by atoms with van der Waals surface area (Å²) >= 11 is 0. The first kappa shape index (κ1) is 13.7. The minimum Gasteiger partial charge on any atom is -0.383 e. The lowest BCUT2D eigenvalue weighted by atomic mass is 10.4. The Balaban J connectivity index is 2.30. The van der Waals surface area contributed by atoms with E-state index in [-0.39, 0.29) is 5.91 Å². The number of aryl methyl sites for hydroxylation is 1. The zero-order chi connectivity index (χ0) is 12.7. The number of amides is 1. The van der Waals surface area contributed by atoms with Crippen LogP contribution in [0.2, 0.25) is 0 Å². The highest BCUT2D eigenvalue weighted by Crippen LogP contribution is 1.99. The summed E-state index contributed by atoms with van der Waals surface area (Å²) in [4.78, 5) is 17.6. The van der Waals surface area contributed by atoms with Crippen LogP contribution in [-0.4, -0.2) is 54.2 Å². The van der Waals surface area contributed by atoms with E-state index in [9.17, 15) is 4.79 Å². The predicted octanol–water partition coefficient (Wildman–Crippen LogP) is -0.385. The Kier molecular flexibility index (Phi) is 5.65. The molecule has 1 rings (SSSR count). The second-order valence-electron chi connectivity index (χ2n) is 3.87. The van der Waals surface area contributed by atoms with E-state index >= 15 is 0 Å². The molecule has 6 nitrogen and oxygen atoms in total. The summed E-state index contributed by atoms with van der Waals surface area (Å²) in [7, 11) is 5.32. The van der Waals surface area contributed by atoms with Crippen LogP contribution in [-0.2, 0) is 23.1 Å². The Morgan fingerprint density at radius 2 is 2.41 bits per heavy atom. The Morgan fingerprint density at radius 3 is 3.00 bits per heavy atom. The summed E-state index contributed by atoms with van der Waals surface area (Å²) in [6.07, 6.45) is 3.59. The average molecular weight is 240 g/mol. The Labute approximate surface area is 102 Å². The molecule has 1 N–H and O–H groups in total. The lowest BCUT2D eigenvalue weighted by Crippen LogP contribution is -2.36. The maximum atomic E-state index is 11.7. The third kappa shape index (κ3) is 4.54.